The van der Waals surface area contributed by atoms with E-state index in [9.17, 15) is 4.79 Å². The van der Waals surface area contributed by atoms with E-state index in [1.807, 2.05) is 0 Å². The maximum atomic E-state index is 11.7. The first-order valence-electron chi connectivity index (χ1n) is 5.53. The molecule has 2 heteroatoms. The number of carbonyl (C=O) groups excluding carboxylic acids is 1. The highest BCUT2D eigenvalue weighted by molar-refractivity contribution is 5.87. The molecular formula is C11H19NO. The first-order valence-corrected chi connectivity index (χ1v) is 5.53. The molecule has 74 valence electrons. The van der Waals surface area contributed by atoms with Gasteiger partial charge in [0.15, 0.2) is 5.78 Å². The van der Waals surface area contributed by atoms with Crippen LogP contribution in [0.25, 0.3) is 0 Å². The fraction of sp³-hybridized carbons (Fsp3) is 0.909. The summed E-state index contributed by atoms with van der Waals surface area (Å²) in [5.74, 6) is 0.898. The van der Waals surface area contributed by atoms with Gasteiger partial charge in [-0.05, 0) is 32.7 Å². The Morgan fingerprint density at radius 3 is 2.92 bits per heavy atom. The van der Waals surface area contributed by atoms with Crippen molar-refractivity contribution in [3.05, 3.63) is 0 Å². The normalized spacial score (nSPS) is 44.0. The number of hydrogen-bond acceptors (Lipinski definition) is 2. The van der Waals surface area contributed by atoms with Gasteiger partial charge in [-0.25, -0.2) is 0 Å². The molecule has 3 aliphatic heterocycles. The molecule has 3 saturated heterocycles. The highest BCUT2D eigenvalue weighted by atomic mass is 16.1. The molecule has 13 heavy (non-hydrogen) atoms. The Morgan fingerprint density at radius 2 is 2.31 bits per heavy atom. The lowest BCUT2D eigenvalue weighted by Gasteiger charge is -2.48. The van der Waals surface area contributed by atoms with Gasteiger partial charge in [-0.3, -0.25) is 9.69 Å². The molecule has 2 nitrogen and oxygen atoms in total. The molecule has 0 spiro atoms. The molecule has 3 rings (SSSR count). The third-order valence-corrected chi connectivity index (χ3v) is 3.69. The van der Waals surface area contributed by atoms with Crippen molar-refractivity contribution in [2.24, 2.45) is 5.92 Å². The maximum absolute atomic E-state index is 11.7. The van der Waals surface area contributed by atoms with Gasteiger partial charge in [0.1, 0.15) is 0 Å². The van der Waals surface area contributed by atoms with Crippen molar-refractivity contribution >= 4 is 5.78 Å². The summed E-state index contributed by atoms with van der Waals surface area (Å²) < 4.78 is 0. The lowest BCUT2D eigenvalue weighted by Crippen LogP contribution is -2.58. The summed E-state index contributed by atoms with van der Waals surface area (Å²) in [6, 6.07) is 0.917. The fourth-order valence-electron chi connectivity index (χ4n) is 2.96. The quantitative estimate of drug-likeness (QED) is 0.648. The lowest BCUT2D eigenvalue weighted by atomic mass is 9.77. The summed E-state index contributed by atoms with van der Waals surface area (Å²) in [5.41, 5.74) is 0. The van der Waals surface area contributed by atoms with Crippen LogP contribution in [-0.2, 0) is 4.79 Å². The van der Waals surface area contributed by atoms with Crippen LogP contribution in [0.4, 0.5) is 0 Å². The van der Waals surface area contributed by atoms with Crippen LogP contribution in [0.3, 0.4) is 0 Å². The first-order chi connectivity index (χ1) is 6.24. The summed E-state index contributed by atoms with van der Waals surface area (Å²) in [6.07, 6.45) is 4.77. The number of nitrogens with zero attached hydrogens (tertiary/aromatic N) is 1. The van der Waals surface area contributed by atoms with E-state index in [2.05, 4.69) is 18.7 Å². The van der Waals surface area contributed by atoms with Crippen LogP contribution < -0.4 is 0 Å². The molecule has 0 radical (unpaired) electrons. The Balaban J connectivity index is 2.09. The number of ketones is 1. The van der Waals surface area contributed by atoms with Gasteiger partial charge in [0.2, 0.25) is 0 Å². The Morgan fingerprint density at radius 1 is 1.54 bits per heavy atom. The van der Waals surface area contributed by atoms with Gasteiger partial charge in [0.05, 0.1) is 6.04 Å². The minimum Gasteiger partial charge on any atom is -0.298 e. The number of rotatable bonds is 2. The zero-order valence-corrected chi connectivity index (χ0v) is 8.62. The first kappa shape index (κ1) is 9.20. The van der Waals surface area contributed by atoms with Gasteiger partial charge < -0.3 is 0 Å². The Kier molecular flexibility index (Phi) is 2.41. The number of Topliss-reactive ketones (excluding diaryl/α,β-unsaturated/α-hetero) is 1. The molecule has 0 aliphatic carbocycles. The number of hydrogen-bond donors (Lipinski definition) is 0. The van der Waals surface area contributed by atoms with Gasteiger partial charge in [0.25, 0.3) is 0 Å². The highest BCUT2D eigenvalue weighted by Gasteiger charge is 2.43. The summed E-state index contributed by atoms with van der Waals surface area (Å²) in [4.78, 5) is 14.1. The second-order valence-electron chi connectivity index (χ2n) is 4.48. The molecule has 3 heterocycles. The second kappa shape index (κ2) is 3.41. The average molecular weight is 181 g/mol. The van der Waals surface area contributed by atoms with E-state index in [0.29, 0.717) is 17.7 Å². The number of piperidine rings is 3. The molecule has 0 amide bonds. The third-order valence-electron chi connectivity index (χ3n) is 3.69. The second-order valence-corrected chi connectivity index (χ2v) is 4.48. The average Bonchev–Trinajstić information content (AvgIpc) is 2.14. The molecule has 3 aliphatic rings. The van der Waals surface area contributed by atoms with Crippen LogP contribution in [0, 0.1) is 5.92 Å². The van der Waals surface area contributed by atoms with Crippen molar-refractivity contribution in [1.29, 1.82) is 0 Å². The summed E-state index contributed by atoms with van der Waals surface area (Å²) in [6.45, 7) is 5.47. The minimum absolute atomic E-state index is 0.212. The van der Waals surface area contributed by atoms with Crippen LogP contribution in [0.5, 0.6) is 0 Å². The van der Waals surface area contributed by atoms with Crippen LogP contribution in [0.2, 0.25) is 0 Å². The molecule has 4 unspecified atom stereocenters. The van der Waals surface area contributed by atoms with Gasteiger partial charge in [-0.15, -0.1) is 0 Å². The summed E-state index contributed by atoms with van der Waals surface area (Å²) >= 11 is 0. The van der Waals surface area contributed by atoms with Crippen molar-refractivity contribution in [2.45, 2.75) is 51.6 Å². The van der Waals surface area contributed by atoms with Gasteiger partial charge >= 0.3 is 0 Å². The van der Waals surface area contributed by atoms with Gasteiger partial charge in [-0.2, -0.15) is 0 Å². The van der Waals surface area contributed by atoms with E-state index in [-0.39, 0.29) is 6.04 Å². The molecule has 0 aromatic carbocycles. The SMILES string of the molecule is CCCC1CC2CCN1C(C)C2=O. The van der Waals surface area contributed by atoms with E-state index >= 15 is 0 Å². The van der Waals surface area contributed by atoms with Crippen LogP contribution in [-0.4, -0.2) is 29.3 Å². The van der Waals surface area contributed by atoms with E-state index in [1.54, 1.807) is 0 Å². The van der Waals surface area contributed by atoms with Crippen molar-refractivity contribution in [3.8, 4) is 0 Å². The van der Waals surface area contributed by atoms with Crippen molar-refractivity contribution in [2.75, 3.05) is 6.54 Å². The smallest absolute Gasteiger partial charge is 0.152 e. The zero-order chi connectivity index (χ0) is 9.42. The molecule has 2 bridgehead atoms. The molecular weight excluding hydrogens is 162 g/mol. The zero-order valence-electron chi connectivity index (χ0n) is 8.62. The van der Waals surface area contributed by atoms with E-state index < -0.39 is 0 Å². The van der Waals surface area contributed by atoms with Crippen molar-refractivity contribution in [3.63, 3.8) is 0 Å². The number of fused-ring (bicyclic) bond motifs is 3. The predicted molar refractivity (Wildman–Crippen MR) is 52.6 cm³/mol. The highest BCUT2D eigenvalue weighted by Crippen LogP contribution is 2.35. The maximum Gasteiger partial charge on any atom is 0.152 e. The van der Waals surface area contributed by atoms with Crippen LogP contribution in [0.1, 0.15) is 39.5 Å². The van der Waals surface area contributed by atoms with E-state index in [0.717, 1.165) is 19.4 Å². The molecule has 4 atom stereocenters. The molecule has 0 aromatic rings. The standard InChI is InChI=1S/C11H19NO/c1-3-4-10-7-9-5-6-12(10)8(2)11(9)13/h8-10H,3-7H2,1-2H3. The molecule has 0 aromatic heterocycles. The van der Waals surface area contributed by atoms with Gasteiger partial charge in [-0.1, -0.05) is 13.3 Å². The topological polar surface area (TPSA) is 20.3 Å². The predicted octanol–water partition coefficient (Wildman–Crippen LogP) is 1.84. The minimum atomic E-state index is 0.212. The Bertz CT molecular complexity index is 210. The van der Waals surface area contributed by atoms with Gasteiger partial charge in [0, 0.05) is 12.0 Å². The van der Waals surface area contributed by atoms with E-state index in [1.165, 1.54) is 12.8 Å². The molecule has 3 fully saturated rings. The largest absolute Gasteiger partial charge is 0.298 e. The van der Waals surface area contributed by atoms with Crippen molar-refractivity contribution in [1.82, 2.24) is 4.90 Å². The fourth-order valence-corrected chi connectivity index (χ4v) is 2.96. The van der Waals surface area contributed by atoms with Crippen LogP contribution >= 0.6 is 0 Å². The van der Waals surface area contributed by atoms with E-state index in [4.69, 9.17) is 0 Å². The summed E-state index contributed by atoms with van der Waals surface area (Å²) in [5, 5.41) is 0. The molecule has 0 N–H and O–H groups in total. The monoisotopic (exact) mass is 181 g/mol. The Labute approximate surface area is 80.3 Å². The van der Waals surface area contributed by atoms with Crippen molar-refractivity contribution < 1.29 is 4.79 Å². The third kappa shape index (κ3) is 1.41. The summed E-state index contributed by atoms with van der Waals surface area (Å²) in [7, 11) is 0. The molecule has 0 saturated carbocycles. The lowest BCUT2D eigenvalue weighted by molar-refractivity contribution is -0.140. The Hall–Kier alpha value is -0.370. The van der Waals surface area contributed by atoms with Crippen LogP contribution in [0.15, 0.2) is 0 Å². The number of carbonyl (C=O) groups is 1.